The van der Waals surface area contributed by atoms with Crippen LogP contribution in [-0.2, 0) is 10.8 Å². The lowest BCUT2D eigenvalue weighted by atomic mass is 10.0. The molecule has 5 nitrogen and oxygen atoms in total. The summed E-state index contributed by atoms with van der Waals surface area (Å²) in [6.07, 6.45) is 7.94. The predicted octanol–water partition coefficient (Wildman–Crippen LogP) is 2.98. The highest BCUT2D eigenvalue weighted by Gasteiger charge is 2.27. The monoisotopic (exact) mass is 504 g/mol. The van der Waals surface area contributed by atoms with Crippen LogP contribution in [0.4, 0.5) is 0 Å². The average molecular weight is 504 g/mol. The van der Waals surface area contributed by atoms with Crippen molar-refractivity contribution in [1.82, 2.24) is 15.5 Å². The number of likely N-dealkylation sites (tertiary alicyclic amines) is 1. The number of hydrogen-bond acceptors (Lipinski definition) is 3. The summed E-state index contributed by atoms with van der Waals surface area (Å²) in [5, 5.41) is 6.86. The topological polar surface area (TPSA) is 56.7 Å². The lowest BCUT2D eigenvalue weighted by Gasteiger charge is -2.36. The van der Waals surface area contributed by atoms with Crippen LogP contribution in [0.3, 0.4) is 0 Å². The molecule has 1 aromatic carbocycles. The van der Waals surface area contributed by atoms with Gasteiger partial charge in [-0.1, -0.05) is 31.0 Å². The number of aliphatic imine (C=N–C) groups is 1. The van der Waals surface area contributed by atoms with Crippen LogP contribution in [0.1, 0.15) is 38.5 Å². The van der Waals surface area contributed by atoms with E-state index in [0.29, 0.717) is 18.3 Å². The van der Waals surface area contributed by atoms with Crippen LogP contribution >= 0.6 is 24.0 Å². The third-order valence-corrected chi connectivity index (χ3v) is 6.89. The van der Waals surface area contributed by atoms with Crippen molar-refractivity contribution in [3.05, 3.63) is 30.3 Å². The molecule has 0 radical (unpaired) electrons. The van der Waals surface area contributed by atoms with Crippen molar-refractivity contribution in [1.29, 1.82) is 0 Å². The molecule has 0 bridgehead atoms. The van der Waals surface area contributed by atoms with E-state index in [1.54, 1.807) is 7.05 Å². The van der Waals surface area contributed by atoms with Gasteiger partial charge < -0.3 is 15.5 Å². The zero-order chi connectivity index (χ0) is 18.2. The summed E-state index contributed by atoms with van der Waals surface area (Å²) >= 11 is 0. The molecule has 1 saturated heterocycles. The van der Waals surface area contributed by atoms with Crippen molar-refractivity contribution < 1.29 is 4.21 Å². The van der Waals surface area contributed by atoms with Crippen molar-refractivity contribution in [2.24, 2.45) is 4.99 Å². The quantitative estimate of drug-likeness (QED) is 0.356. The van der Waals surface area contributed by atoms with Crippen molar-refractivity contribution in [3.8, 4) is 0 Å². The second-order valence-electron chi connectivity index (χ2n) is 7.25. The van der Waals surface area contributed by atoms with E-state index in [-0.39, 0.29) is 24.0 Å². The van der Waals surface area contributed by atoms with Gasteiger partial charge in [0.1, 0.15) is 0 Å². The number of hydrogen-bond donors (Lipinski definition) is 2. The summed E-state index contributed by atoms with van der Waals surface area (Å²) in [4.78, 5) is 7.90. The molecule has 1 atom stereocenters. The standard InChI is InChI=1S/C20H32N4OS.HI/c1-21-20(22-13-16-26(25)19-9-3-2-4-10-19)23-17-11-14-24(15-12-17)18-7-5-6-8-18;/h2-4,9-10,17-18H,5-8,11-16H2,1H3,(H2,21,22,23);1H. The molecule has 2 aliphatic rings. The van der Waals surface area contributed by atoms with E-state index in [9.17, 15) is 4.21 Å². The molecule has 1 aliphatic carbocycles. The molecule has 0 aromatic heterocycles. The lowest BCUT2D eigenvalue weighted by molar-refractivity contribution is 0.150. The zero-order valence-corrected chi connectivity index (χ0v) is 19.4. The molecule has 152 valence electrons. The van der Waals surface area contributed by atoms with Gasteiger partial charge in [0, 0.05) is 49.4 Å². The van der Waals surface area contributed by atoms with E-state index in [2.05, 4.69) is 20.5 Å². The fraction of sp³-hybridized carbons (Fsp3) is 0.650. The second-order valence-corrected chi connectivity index (χ2v) is 8.83. The van der Waals surface area contributed by atoms with Gasteiger partial charge in [-0.15, -0.1) is 24.0 Å². The second kappa shape index (κ2) is 12.0. The van der Waals surface area contributed by atoms with Crippen LogP contribution in [-0.4, -0.2) is 59.6 Å². The molecular formula is C20H33IN4OS. The smallest absolute Gasteiger partial charge is 0.191 e. The Hall–Kier alpha value is -0.670. The minimum absolute atomic E-state index is 0. The van der Waals surface area contributed by atoms with Gasteiger partial charge in [-0.05, 0) is 37.8 Å². The van der Waals surface area contributed by atoms with Crippen LogP contribution in [0.25, 0.3) is 0 Å². The molecule has 2 fully saturated rings. The first-order chi connectivity index (χ1) is 12.8. The molecule has 1 aliphatic heterocycles. The first kappa shape index (κ1) is 22.6. The zero-order valence-electron chi connectivity index (χ0n) is 16.2. The van der Waals surface area contributed by atoms with Crippen LogP contribution in [0.15, 0.2) is 40.2 Å². The highest BCUT2D eigenvalue weighted by Crippen LogP contribution is 2.26. The minimum Gasteiger partial charge on any atom is -0.355 e. The molecule has 3 rings (SSSR count). The van der Waals surface area contributed by atoms with Gasteiger partial charge in [0.05, 0.1) is 10.8 Å². The maximum Gasteiger partial charge on any atom is 0.191 e. The number of nitrogens with one attached hydrogen (secondary N) is 2. The maximum atomic E-state index is 12.3. The SMILES string of the molecule is CN=C(NCCS(=O)c1ccccc1)NC1CCN(C2CCCC2)CC1.I. The molecule has 0 spiro atoms. The Kier molecular flexibility index (Phi) is 10.1. The summed E-state index contributed by atoms with van der Waals surface area (Å²) in [6, 6.07) is 11.0. The summed E-state index contributed by atoms with van der Waals surface area (Å²) in [5.74, 6) is 1.42. The molecule has 7 heteroatoms. The van der Waals surface area contributed by atoms with Crippen molar-refractivity contribution in [2.45, 2.75) is 55.5 Å². The summed E-state index contributed by atoms with van der Waals surface area (Å²) in [5.41, 5.74) is 0. The van der Waals surface area contributed by atoms with Gasteiger partial charge in [-0.3, -0.25) is 9.20 Å². The van der Waals surface area contributed by atoms with Crippen LogP contribution < -0.4 is 10.6 Å². The fourth-order valence-corrected chi connectivity index (χ4v) is 5.00. The normalized spacial score (nSPS) is 20.9. The van der Waals surface area contributed by atoms with Crippen LogP contribution in [0, 0.1) is 0 Å². The maximum absolute atomic E-state index is 12.3. The van der Waals surface area contributed by atoms with Gasteiger partial charge in [0.25, 0.3) is 0 Å². The lowest BCUT2D eigenvalue weighted by Crippen LogP contribution is -2.50. The molecule has 1 heterocycles. The van der Waals surface area contributed by atoms with Crippen LogP contribution in [0.5, 0.6) is 0 Å². The molecular weight excluding hydrogens is 471 g/mol. The minimum atomic E-state index is -0.967. The highest BCUT2D eigenvalue weighted by molar-refractivity contribution is 14.0. The number of halogens is 1. The first-order valence-electron chi connectivity index (χ1n) is 9.91. The Morgan fingerprint density at radius 1 is 1.15 bits per heavy atom. The van der Waals surface area contributed by atoms with Crippen LogP contribution in [0.2, 0.25) is 0 Å². The van der Waals surface area contributed by atoms with Crippen molar-refractivity contribution in [3.63, 3.8) is 0 Å². The summed E-state index contributed by atoms with van der Waals surface area (Å²) in [6.45, 7) is 3.04. The molecule has 0 amide bonds. The van der Waals surface area contributed by atoms with Gasteiger partial charge in [-0.25, -0.2) is 0 Å². The van der Waals surface area contributed by atoms with E-state index in [1.807, 2.05) is 30.3 Å². The summed E-state index contributed by atoms with van der Waals surface area (Å²) in [7, 11) is 0.836. The van der Waals surface area contributed by atoms with E-state index >= 15 is 0 Å². The third kappa shape index (κ3) is 7.02. The number of guanidine groups is 1. The van der Waals surface area contributed by atoms with Gasteiger partial charge in [0.15, 0.2) is 5.96 Å². The Morgan fingerprint density at radius 3 is 2.44 bits per heavy atom. The van der Waals surface area contributed by atoms with Crippen molar-refractivity contribution >= 4 is 40.7 Å². The highest BCUT2D eigenvalue weighted by atomic mass is 127. The molecule has 1 aromatic rings. The molecule has 1 unspecified atom stereocenters. The van der Waals surface area contributed by atoms with E-state index in [1.165, 1.54) is 51.6 Å². The number of nitrogens with zero attached hydrogens (tertiary/aromatic N) is 2. The number of benzene rings is 1. The Morgan fingerprint density at radius 2 is 1.81 bits per heavy atom. The number of rotatable bonds is 6. The Bertz CT molecular complexity index is 599. The van der Waals surface area contributed by atoms with E-state index in [4.69, 9.17) is 0 Å². The van der Waals surface area contributed by atoms with E-state index in [0.717, 1.165) is 16.9 Å². The molecule has 1 saturated carbocycles. The molecule has 27 heavy (non-hydrogen) atoms. The fourth-order valence-electron chi connectivity index (χ4n) is 4.02. The van der Waals surface area contributed by atoms with Gasteiger partial charge in [0.2, 0.25) is 0 Å². The summed E-state index contributed by atoms with van der Waals surface area (Å²) < 4.78 is 12.3. The third-order valence-electron chi connectivity index (χ3n) is 5.52. The van der Waals surface area contributed by atoms with Crippen molar-refractivity contribution in [2.75, 3.05) is 32.4 Å². The number of piperidine rings is 1. The predicted molar refractivity (Wildman–Crippen MR) is 124 cm³/mol. The first-order valence-corrected chi connectivity index (χ1v) is 11.2. The van der Waals surface area contributed by atoms with Gasteiger partial charge in [-0.2, -0.15) is 0 Å². The average Bonchev–Trinajstić information content (AvgIpc) is 3.23. The Balaban J connectivity index is 0.00000261. The molecule has 2 N–H and O–H groups in total. The van der Waals surface area contributed by atoms with E-state index < -0.39 is 10.8 Å². The Labute approximate surface area is 183 Å². The van der Waals surface area contributed by atoms with Gasteiger partial charge >= 0.3 is 0 Å². The largest absolute Gasteiger partial charge is 0.355 e.